The molecule has 0 saturated heterocycles. The van der Waals surface area contributed by atoms with Gasteiger partial charge in [0.15, 0.2) is 0 Å². The fraction of sp³-hybridized carbons (Fsp3) is 0.0833. The molecule has 1 heterocycles. The molecule has 0 atom stereocenters. The van der Waals surface area contributed by atoms with Gasteiger partial charge in [-0.3, -0.25) is 0 Å². The summed E-state index contributed by atoms with van der Waals surface area (Å²) in [6, 6.07) is 8.29. The summed E-state index contributed by atoms with van der Waals surface area (Å²) in [7, 11) is -3.65. The Labute approximate surface area is 135 Å². The molecule has 0 spiro atoms. The lowest BCUT2D eigenvalue weighted by Gasteiger charge is -2.09. The third-order valence-corrected chi connectivity index (χ3v) is 5.88. The first kappa shape index (κ1) is 15.6. The van der Waals surface area contributed by atoms with Crippen LogP contribution in [-0.4, -0.2) is 13.4 Å². The lowest BCUT2D eigenvalue weighted by molar-refractivity contribution is 0.581. The molecule has 0 amide bonds. The van der Waals surface area contributed by atoms with Gasteiger partial charge in [0.2, 0.25) is 10.0 Å². The molecule has 2 aromatic rings. The SMILES string of the molecule is NC(=S)c1ccccc1S(=O)(=O)NCc1cc(Br)cs1. The van der Waals surface area contributed by atoms with E-state index in [1.165, 1.54) is 17.4 Å². The maximum absolute atomic E-state index is 12.3. The maximum atomic E-state index is 12.3. The molecule has 1 aromatic heterocycles. The molecule has 0 unspecified atom stereocenters. The molecule has 0 radical (unpaired) electrons. The van der Waals surface area contributed by atoms with E-state index in [2.05, 4.69) is 20.7 Å². The summed E-state index contributed by atoms with van der Waals surface area (Å²) in [5.41, 5.74) is 5.91. The highest BCUT2D eigenvalue weighted by molar-refractivity contribution is 9.10. The third kappa shape index (κ3) is 3.64. The Bertz CT molecular complexity index is 741. The fourth-order valence-electron chi connectivity index (χ4n) is 1.59. The predicted molar refractivity (Wildman–Crippen MR) is 88.4 cm³/mol. The Morgan fingerprint density at radius 2 is 2.10 bits per heavy atom. The standard InChI is InChI=1S/C12H11BrN2O2S3/c13-8-5-9(19-7-8)6-15-20(16,17)11-4-2-1-3-10(11)12(14)18/h1-5,7,15H,6H2,(H2,14,18). The molecule has 0 fully saturated rings. The summed E-state index contributed by atoms with van der Waals surface area (Å²) in [6.07, 6.45) is 0. The number of hydrogen-bond donors (Lipinski definition) is 2. The van der Waals surface area contributed by atoms with Crippen LogP contribution < -0.4 is 10.5 Å². The van der Waals surface area contributed by atoms with Crippen LogP contribution in [-0.2, 0) is 16.6 Å². The van der Waals surface area contributed by atoms with Crippen molar-refractivity contribution in [2.24, 2.45) is 5.73 Å². The summed E-state index contributed by atoms with van der Waals surface area (Å²) in [6.45, 7) is 0.226. The maximum Gasteiger partial charge on any atom is 0.241 e. The molecule has 8 heteroatoms. The van der Waals surface area contributed by atoms with Crippen LogP contribution >= 0.6 is 39.5 Å². The Morgan fingerprint density at radius 3 is 2.70 bits per heavy atom. The number of nitrogens with two attached hydrogens (primary N) is 1. The topological polar surface area (TPSA) is 72.2 Å². The van der Waals surface area contributed by atoms with E-state index in [0.29, 0.717) is 5.56 Å². The molecule has 0 bridgehead atoms. The number of halogens is 1. The minimum Gasteiger partial charge on any atom is -0.389 e. The number of nitrogens with one attached hydrogen (secondary N) is 1. The average Bonchev–Trinajstić information content (AvgIpc) is 2.82. The minimum atomic E-state index is -3.65. The first-order valence-electron chi connectivity index (χ1n) is 5.51. The second kappa shape index (κ2) is 6.31. The summed E-state index contributed by atoms with van der Waals surface area (Å²) in [5.74, 6) is 0. The van der Waals surface area contributed by atoms with Gasteiger partial charge >= 0.3 is 0 Å². The summed E-state index contributed by atoms with van der Waals surface area (Å²) < 4.78 is 28.1. The van der Waals surface area contributed by atoms with Crippen molar-refractivity contribution < 1.29 is 8.42 Å². The van der Waals surface area contributed by atoms with Gasteiger partial charge in [-0.05, 0) is 28.1 Å². The second-order valence-corrected chi connectivity index (χ2v) is 8.00. The zero-order valence-corrected chi connectivity index (χ0v) is 14.2. The molecule has 0 aliphatic carbocycles. The van der Waals surface area contributed by atoms with Gasteiger partial charge in [-0.1, -0.05) is 30.4 Å². The highest BCUT2D eigenvalue weighted by atomic mass is 79.9. The Balaban J connectivity index is 2.25. The number of thiocarbonyl (C=S) groups is 1. The molecule has 106 valence electrons. The molecule has 0 aliphatic rings. The van der Waals surface area contributed by atoms with Crippen molar-refractivity contribution in [3.05, 3.63) is 50.6 Å². The van der Waals surface area contributed by atoms with Gasteiger partial charge < -0.3 is 5.73 Å². The van der Waals surface area contributed by atoms with Crippen LogP contribution in [0, 0.1) is 0 Å². The molecule has 0 saturated carbocycles. The van der Waals surface area contributed by atoms with Gasteiger partial charge in [-0.25, -0.2) is 13.1 Å². The van der Waals surface area contributed by atoms with Crippen molar-refractivity contribution in [3.8, 4) is 0 Å². The summed E-state index contributed by atoms with van der Waals surface area (Å²) >= 11 is 9.68. The van der Waals surface area contributed by atoms with Gasteiger partial charge in [0.25, 0.3) is 0 Å². The van der Waals surface area contributed by atoms with Crippen LogP contribution in [0.2, 0.25) is 0 Å². The van der Waals surface area contributed by atoms with Crippen LogP contribution in [0.15, 0.2) is 45.1 Å². The van der Waals surface area contributed by atoms with Crippen molar-refractivity contribution in [2.75, 3.05) is 0 Å². The van der Waals surface area contributed by atoms with E-state index in [0.717, 1.165) is 9.35 Å². The lowest BCUT2D eigenvalue weighted by atomic mass is 10.2. The summed E-state index contributed by atoms with van der Waals surface area (Å²) in [4.78, 5) is 1.07. The Kier molecular flexibility index (Phi) is 4.92. The average molecular weight is 391 g/mol. The van der Waals surface area contributed by atoms with Gasteiger partial charge in [0.1, 0.15) is 4.99 Å². The fourth-order valence-corrected chi connectivity index (χ4v) is 4.55. The van der Waals surface area contributed by atoms with Gasteiger partial charge in [-0.15, -0.1) is 11.3 Å². The molecule has 2 rings (SSSR count). The quantitative estimate of drug-likeness (QED) is 0.769. The number of sulfonamides is 1. The Morgan fingerprint density at radius 1 is 1.40 bits per heavy atom. The van der Waals surface area contributed by atoms with E-state index in [9.17, 15) is 8.42 Å². The zero-order chi connectivity index (χ0) is 14.8. The predicted octanol–water partition coefficient (Wildman–Crippen LogP) is 2.62. The summed E-state index contributed by atoms with van der Waals surface area (Å²) in [5, 5.41) is 1.90. The van der Waals surface area contributed by atoms with Gasteiger partial charge in [0, 0.05) is 26.8 Å². The van der Waals surface area contributed by atoms with Crippen molar-refractivity contribution >= 4 is 54.5 Å². The lowest BCUT2D eigenvalue weighted by Crippen LogP contribution is -2.26. The Hall–Kier alpha value is -0.800. The minimum absolute atomic E-state index is 0.0600. The van der Waals surface area contributed by atoms with Crippen LogP contribution in [0.5, 0.6) is 0 Å². The van der Waals surface area contributed by atoms with Gasteiger partial charge in [0.05, 0.1) is 4.90 Å². The zero-order valence-electron chi connectivity index (χ0n) is 10.2. The van der Waals surface area contributed by atoms with Crippen molar-refractivity contribution in [2.45, 2.75) is 11.4 Å². The highest BCUT2D eigenvalue weighted by Gasteiger charge is 2.19. The molecule has 1 aromatic carbocycles. The first-order valence-corrected chi connectivity index (χ1v) is 9.08. The largest absolute Gasteiger partial charge is 0.389 e. The number of thiophene rings is 1. The molecular weight excluding hydrogens is 380 g/mol. The van der Waals surface area contributed by atoms with Crippen molar-refractivity contribution in [1.82, 2.24) is 4.72 Å². The normalized spacial score (nSPS) is 11.4. The van der Waals surface area contributed by atoms with Crippen LogP contribution in [0.25, 0.3) is 0 Å². The molecule has 3 N–H and O–H groups in total. The number of benzene rings is 1. The molecular formula is C12H11BrN2O2S3. The van der Waals surface area contributed by atoms with E-state index in [1.807, 2.05) is 11.4 Å². The highest BCUT2D eigenvalue weighted by Crippen LogP contribution is 2.21. The van der Waals surface area contributed by atoms with Crippen LogP contribution in [0.1, 0.15) is 10.4 Å². The monoisotopic (exact) mass is 390 g/mol. The van der Waals surface area contributed by atoms with Crippen LogP contribution in [0.3, 0.4) is 0 Å². The molecule has 4 nitrogen and oxygen atoms in total. The van der Waals surface area contributed by atoms with E-state index < -0.39 is 10.0 Å². The van der Waals surface area contributed by atoms with Crippen molar-refractivity contribution in [3.63, 3.8) is 0 Å². The number of rotatable bonds is 5. The van der Waals surface area contributed by atoms with E-state index in [-0.39, 0.29) is 16.4 Å². The smallest absolute Gasteiger partial charge is 0.241 e. The first-order chi connectivity index (χ1) is 9.40. The molecule has 20 heavy (non-hydrogen) atoms. The van der Waals surface area contributed by atoms with E-state index in [4.69, 9.17) is 18.0 Å². The van der Waals surface area contributed by atoms with E-state index in [1.54, 1.807) is 18.2 Å². The van der Waals surface area contributed by atoms with Gasteiger partial charge in [-0.2, -0.15) is 0 Å². The number of hydrogen-bond acceptors (Lipinski definition) is 4. The molecule has 0 aliphatic heterocycles. The van der Waals surface area contributed by atoms with Crippen LogP contribution in [0.4, 0.5) is 0 Å². The second-order valence-electron chi connectivity index (χ2n) is 3.92. The van der Waals surface area contributed by atoms with E-state index >= 15 is 0 Å². The van der Waals surface area contributed by atoms with Crippen molar-refractivity contribution in [1.29, 1.82) is 0 Å². The third-order valence-electron chi connectivity index (χ3n) is 2.50.